The minimum atomic E-state index is -0.219. The highest BCUT2D eigenvalue weighted by molar-refractivity contribution is 5.81. The van der Waals surface area contributed by atoms with Crippen LogP contribution in [0.2, 0.25) is 0 Å². The third-order valence-corrected chi connectivity index (χ3v) is 3.91. The Bertz CT molecular complexity index is 793. The predicted molar refractivity (Wildman–Crippen MR) is 91.8 cm³/mol. The van der Waals surface area contributed by atoms with Crippen LogP contribution < -0.4 is 10.9 Å². The summed E-state index contributed by atoms with van der Waals surface area (Å²) in [6, 6.07) is 3.88. The number of benzene rings is 1. The van der Waals surface area contributed by atoms with Gasteiger partial charge in [-0.1, -0.05) is 0 Å². The van der Waals surface area contributed by atoms with Crippen molar-refractivity contribution in [2.24, 2.45) is 0 Å². The molecule has 124 valence electrons. The fourth-order valence-electron chi connectivity index (χ4n) is 2.40. The number of carbonyl (C=O) groups is 1. The van der Waals surface area contributed by atoms with E-state index in [0.29, 0.717) is 17.8 Å². The van der Waals surface area contributed by atoms with Crippen LogP contribution in [0.15, 0.2) is 16.9 Å². The summed E-state index contributed by atoms with van der Waals surface area (Å²) in [4.78, 5) is 30.9. The van der Waals surface area contributed by atoms with Crippen molar-refractivity contribution in [3.05, 3.63) is 39.3 Å². The van der Waals surface area contributed by atoms with Gasteiger partial charge in [-0.3, -0.25) is 14.2 Å². The molecule has 0 fully saturated rings. The van der Waals surface area contributed by atoms with Gasteiger partial charge in [-0.2, -0.15) is 0 Å². The van der Waals surface area contributed by atoms with Gasteiger partial charge in [-0.25, -0.2) is 4.98 Å². The molecule has 1 N–H and O–H groups in total. The second kappa shape index (κ2) is 6.91. The smallest absolute Gasteiger partial charge is 0.272 e. The van der Waals surface area contributed by atoms with Gasteiger partial charge >= 0.3 is 0 Å². The molecule has 23 heavy (non-hydrogen) atoms. The van der Waals surface area contributed by atoms with Crippen LogP contribution in [-0.2, 0) is 11.3 Å². The molecule has 2 rings (SSSR count). The number of rotatable bonds is 5. The van der Waals surface area contributed by atoms with E-state index < -0.39 is 0 Å². The fourth-order valence-corrected chi connectivity index (χ4v) is 2.40. The molecule has 1 heterocycles. The molecule has 0 bridgehead atoms. The Balaban J connectivity index is 2.35. The summed E-state index contributed by atoms with van der Waals surface area (Å²) in [6.07, 6.45) is 0. The number of hydrogen-bond donors (Lipinski definition) is 1. The number of amides is 1. The van der Waals surface area contributed by atoms with Gasteiger partial charge in [0, 0.05) is 13.1 Å². The molecule has 0 spiro atoms. The van der Waals surface area contributed by atoms with E-state index in [4.69, 9.17) is 0 Å². The quantitative estimate of drug-likeness (QED) is 0.893. The summed E-state index contributed by atoms with van der Waals surface area (Å²) < 4.78 is 1.51. The van der Waals surface area contributed by atoms with Gasteiger partial charge in [0.25, 0.3) is 5.56 Å². The van der Waals surface area contributed by atoms with E-state index in [1.54, 1.807) is 6.92 Å². The van der Waals surface area contributed by atoms with E-state index >= 15 is 0 Å². The van der Waals surface area contributed by atoms with Gasteiger partial charge < -0.3 is 10.2 Å². The minimum absolute atomic E-state index is 0.00855. The van der Waals surface area contributed by atoms with Crippen LogP contribution in [0.5, 0.6) is 0 Å². The molecule has 0 radical (unpaired) electrons. The second-order valence-electron chi connectivity index (χ2n) is 6.17. The molecule has 1 aromatic heterocycles. The van der Waals surface area contributed by atoms with Gasteiger partial charge in [0.05, 0.1) is 11.0 Å². The first kappa shape index (κ1) is 17.1. The zero-order chi connectivity index (χ0) is 17.1. The topological polar surface area (TPSA) is 67.2 Å². The van der Waals surface area contributed by atoms with Crippen LogP contribution in [0.4, 0.5) is 0 Å². The van der Waals surface area contributed by atoms with Gasteiger partial charge in [-0.05, 0) is 58.1 Å². The maximum atomic E-state index is 12.4. The molecule has 1 aromatic carbocycles. The van der Waals surface area contributed by atoms with E-state index in [1.165, 1.54) is 4.57 Å². The van der Waals surface area contributed by atoms with Crippen LogP contribution in [0.3, 0.4) is 0 Å². The van der Waals surface area contributed by atoms with Crippen LogP contribution >= 0.6 is 0 Å². The Labute approximate surface area is 136 Å². The highest BCUT2D eigenvalue weighted by Gasteiger charge is 2.12. The van der Waals surface area contributed by atoms with Gasteiger partial charge in [0.15, 0.2) is 0 Å². The van der Waals surface area contributed by atoms with Crippen LogP contribution in [-0.4, -0.2) is 47.5 Å². The summed E-state index contributed by atoms with van der Waals surface area (Å²) in [7, 11) is 3.89. The Morgan fingerprint density at radius 3 is 2.52 bits per heavy atom. The highest BCUT2D eigenvalue weighted by Crippen LogP contribution is 2.16. The number of likely N-dealkylation sites (N-methyl/N-ethyl adjacent to an activating group) is 1. The third-order valence-electron chi connectivity index (χ3n) is 3.91. The summed E-state index contributed by atoms with van der Waals surface area (Å²) >= 11 is 0. The number of aromatic nitrogens is 2. The molecule has 6 nitrogen and oxygen atoms in total. The summed E-state index contributed by atoms with van der Waals surface area (Å²) in [5.41, 5.74) is 3.82. The van der Waals surface area contributed by atoms with Gasteiger partial charge in [0.1, 0.15) is 12.2 Å². The summed E-state index contributed by atoms with van der Waals surface area (Å²) in [6.45, 7) is 7.00. The van der Waals surface area contributed by atoms with Crippen molar-refractivity contribution in [2.75, 3.05) is 27.2 Å². The largest absolute Gasteiger partial charge is 0.353 e. The van der Waals surface area contributed by atoms with Crippen molar-refractivity contribution < 1.29 is 4.79 Å². The van der Waals surface area contributed by atoms with E-state index in [0.717, 1.165) is 23.2 Å². The number of nitrogens with zero attached hydrogens (tertiary/aromatic N) is 3. The first-order valence-corrected chi connectivity index (χ1v) is 7.69. The fraction of sp³-hybridized carbons (Fsp3) is 0.471. The van der Waals surface area contributed by atoms with Crippen molar-refractivity contribution >= 4 is 16.9 Å². The molecule has 0 aliphatic rings. The monoisotopic (exact) mass is 316 g/mol. The molecular formula is C17H24N4O2. The highest BCUT2D eigenvalue weighted by atomic mass is 16.2. The average Bonchev–Trinajstić information content (AvgIpc) is 2.46. The first-order valence-electron chi connectivity index (χ1n) is 7.69. The molecule has 1 amide bonds. The van der Waals surface area contributed by atoms with E-state index in [1.807, 2.05) is 45.0 Å². The molecule has 0 aliphatic heterocycles. The van der Waals surface area contributed by atoms with Crippen molar-refractivity contribution in [2.45, 2.75) is 27.3 Å². The molecule has 6 heteroatoms. The standard InChI is InChI=1S/C17H24N4O2/c1-11-8-14-15(9-12(11)2)21(17(23)13(3)19-14)10-16(22)18-6-7-20(4)5/h8-9H,6-7,10H2,1-5H3,(H,18,22). The summed E-state index contributed by atoms with van der Waals surface area (Å²) in [5, 5.41) is 2.84. The lowest BCUT2D eigenvalue weighted by molar-refractivity contribution is -0.121. The Morgan fingerprint density at radius 2 is 1.87 bits per heavy atom. The summed E-state index contributed by atoms with van der Waals surface area (Å²) in [5.74, 6) is -0.168. The molecular weight excluding hydrogens is 292 g/mol. The van der Waals surface area contributed by atoms with Crippen molar-refractivity contribution in [1.82, 2.24) is 19.8 Å². The maximum absolute atomic E-state index is 12.4. The lowest BCUT2D eigenvalue weighted by Crippen LogP contribution is -2.36. The Kier molecular flexibility index (Phi) is 5.15. The second-order valence-corrected chi connectivity index (χ2v) is 6.17. The number of aryl methyl sites for hydroxylation is 3. The Hall–Kier alpha value is -2.21. The zero-order valence-corrected chi connectivity index (χ0v) is 14.4. The van der Waals surface area contributed by atoms with Gasteiger partial charge in [0.2, 0.25) is 5.91 Å². The predicted octanol–water partition coefficient (Wildman–Crippen LogP) is 1.000. The molecule has 0 saturated carbocycles. The lowest BCUT2D eigenvalue weighted by Gasteiger charge is -2.14. The number of fused-ring (bicyclic) bond motifs is 1. The first-order chi connectivity index (χ1) is 10.8. The lowest BCUT2D eigenvalue weighted by atomic mass is 10.1. The number of nitrogens with one attached hydrogen (secondary N) is 1. The number of hydrogen-bond acceptors (Lipinski definition) is 4. The van der Waals surface area contributed by atoms with Crippen LogP contribution in [0.25, 0.3) is 11.0 Å². The Morgan fingerprint density at radius 1 is 1.22 bits per heavy atom. The van der Waals surface area contributed by atoms with Gasteiger partial charge in [-0.15, -0.1) is 0 Å². The van der Waals surface area contributed by atoms with E-state index in [2.05, 4.69) is 10.3 Å². The SMILES string of the molecule is Cc1cc2nc(C)c(=O)n(CC(=O)NCCN(C)C)c2cc1C. The van der Waals surface area contributed by atoms with Crippen molar-refractivity contribution in [3.63, 3.8) is 0 Å². The van der Waals surface area contributed by atoms with Crippen LogP contribution in [0.1, 0.15) is 16.8 Å². The molecule has 2 aromatic rings. The molecule has 0 aliphatic carbocycles. The average molecular weight is 316 g/mol. The van der Waals surface area contributed by atoms with Crippen LogP contribution in [0, 0.1) is 20.8 Å². The zero-order valence-electron chi connectivity index (χ0n) is 14.4. The maximum Gasteiger partial charge on any atom is 0.272 e. The number of carbonyl (C=O) groups excluding carboxylic acids is 1. The van der Waals surface area contributed by atoms with E-state index in [9.17, 15) is 9.59 Å². The molecule has 0 saturated heterocycles. The van der Waals surface area contributed by atoms with Crippen molar-refractivity contribution in [1.29, 1.82) is 0 Å². The third kappa shape index (κ3) is 3.96. The molecule has 0 atom stereocenters. The molecule has 0 unspecified atom stereocenters. The normalized spacial score (nSPS) is 11.2. The van der Waals surface area contributed by atoms with Crippen molar-refractivity contribution in [3.8, 4) is 0 Å². The minimum Gasteiger partial charge on any atom is -0.353 e. The van der Waals surface area contributed by atoms with E-state index in [-0.39, 0.29) is 18.0 Å².